The van der Waals surface area contributed by atoms with Crippen LogP contribution in [-0.4, -0.2) is 31.3 Å². The van der Waals surface area contributed by atoms with Crippen molar-refractivity contribution in [1.29, 1.82) is 0 Å². The van der Waals surface area contributed by atoms with Crippen molar-refractivity contribution in [2.24, 2.45) is 0 Å². The highest BCUT2D eigenvalue weighted by atomic mass is 32.2. The van der Waals surface area contributed by atoms with Gasteiger partial charge in [0.2, 0.25) is 0 Å². The molecule has 3 aromatic rings. The summed E-state index contributed by atoms with van der Waals surface area (Å²) in [5.74, 6) is 3.31. The first-order chi connectivity index (χ1) is 16.6. The number of hydrogen-bond donors (Lipinski definition) is 0. The van der Waals surface area contributed by atoms with Crippen molar-refractivity contribution in [3.8, 4) is 23.0 Å². The highest BCUT2D eigenvalue weighted by Gasteiger charge is 2.34. The van der Waals surface area contributed by atoms with Crippen molar-refractivity contribution in [3.05, 3.63) is 76.3 Å². The van der Waals surface area contributed by atoms with Crippen LogP contribution in [0.3, 0.4) is 0 Å². The molecule has 3 aromatic carbocycles. The molecule has 0 bridgehead atoms. The lowest BCUT2D eigenvalue weighted by molar-refractivity contribution is 0.102. The number of benzene rings is 3. The fraction of sp³-hybridized carbons (Fsp3) is 0.357. The number of aryl methyl sites for hydroxylation is 1. The fourth-order valence-corrected chi connectivity index (χ4v) is 5.93. The van der Waals surface area contributed by atoms with E-state index in [0.29, 0.717) is 12.6 Å². The molecule has 0 fully saturated rings. The molecule has 0 N–H and O–H groups in total. The Morgan fingerprint density at radius 2 is 1.88 bits per heavy atom. The van der Waals surface area contributed by atoms with E-state index >= 15 is 0 Å². The van der Waals surface area contributed by atoms with Gasteiger partial charge < -0.3 is 18.4 Å². The molecular formula is C28H29NO4S. The molecular weight excluding hydrogens is 446 g/mol. The van der Waals surface area contributed by atoms with Gasteiger partial charge in [0, 0.05) is 24.0 Å². The number of fused-ring (bicyclic) bond motifs is 5. The zero-order chi connectivity index (χ0) is 23.2. The smallest absolute Gasteiger partial charge is 0.180 e. The summed E-state index contributed by atoms with van der Waals surface area (Å²) in [7, 11) is 1.71. The SMILES string of the molecule is COc1cc2c(cc1OSc1cccc(C)c1)C1Cc3cc4c(cc3CN1CC2)OCC(C)O4. The van der Waals surface area contributed by atoms with Crippen LogP contribution in [0.5, 0.6) is 23.0 Å². The van der Waals surface area contributed by atoms with Crippen molar-refractivity contribution in [1.82, 2.24) is 4.90 Å². The van der Waals surface area contributed by atoms with Crippen LogP contribution in [0, 0.1) is 6.92 Å². The zero-order valence-corrected chi connectivity index (χ0v) is 20.6. The van der Waals surface area contributed by atoms with E-state index in [1.54, 1.807) is 7.11 Å². The van der Waals surface area contributed by atoms with E-state index in [1.165, 1.54) is 39.9 Å². The van der Waals surface area contributed by atoms with Gasteiger partial charge in [-0.25, -0.2) is 0 Å². The van der Waals surface area contributed by atoms with E-state index in [4.69, 9.17) is 18.4 Å². The molecule has 2 unspecified atom stereocenters. The first-order valence-corrected chi connectivity index (χ1v) is 12.6. The average Bonchev–Trinajstić information content (AvgIpc) is 2.84. The minimum Gasteiger partial charge on any atom is -0.493 e. The Morgan fingerprint density at radius 1 is 1.00 bits per heavy atom. The summed E-state index contributed by atoms with van der Waals surface area (Å²) in [6.45, 7) is 6.70. The molecule has 0 radical (unpaired) electrons. The zero-order valence-electron chi connectivity index (χ0n) is 19.8. The molecule has 0 spiro atoms. The first kappa shape index (κ1) is 21.7. The summed E-state index contributed by atoms with van der Waals surface area (Å²) < 4.78 is 23.9. The van der Waals surface area contributed by atoms with Gasteiger partial charge in [-0.15, -0.1) is 0 Å². The van der Waals surface area contributed by atoms with Crippen LogP contribution in [0.4, 0.5) is 0 Å². The molecule has 5 nitrogen and oxygen atoms in total. The van der Waals surface area contributed by atoms with Crippen LogP contribution in [0.15, 0.2) is 53.4 Å². The highest BCUT2D eigenvalue weighted by Crippen LogP contribution is 2.45. The van der Waals surface area contributed by atoms with Crippen LogP contribution in [0.25, 0.3) is 0 Å². The highest BCUT2D eigenvalue weighted by molar-refractivity contribution is 7.95. The minimum atomic E-state index is 0.0825. The van der Waals surface area contributed by atoms with E-state index < -0.39 is 0 Å². The monoisotopic (exact) mass is 475 g/mol. The molecule has 3 aliphatic rings. The Labute approximate surface area is 205 Å². The lowest BCUT2D eigenvalue weighted by Gasteiger charge is -2.42. The molecule has 0 saturated heterocycles. The first-order valence-electron chi connectivity index (χ1n) is 11.9. The third kappa shape index (κ3) is 3.99. The van der Waals surface area contributed by atoms with Gasteiger partial charge in [0.25, 0.3) is 0 Å². The van der Waals surface area contributed by atoms with Crippen LogP contribution in [0.1, 0.15) is 40.8 Å². The van der Waals surface area contributed by atoms with Crippen LogP contribution in [0.2, 0.25) is 0 Å². The van der Waals surface area contributed by atoms with E-state index in [2.05, 4.69) is 60.4 Å². The lowest BCUT2D eigenvalue weighted by atomic mass is 9.83. The van der Waals surface area contributed by atoms with E-state index in [0.717, 1.165) is 53.8 Å². The van der Waals surface area contributed by atoms with Gasteiger partial charge in [-0.2, -0.15) is 0 Å². The van der Waals surface area contributed by atoms with Gasteiger partial charge in [-0.1, -0.05) is 12.1 Å². The van der Waals surface area contributed by atoms with Gasteiger partial charge in [0.15, 0.2) is 23.0 Å². The molecule has 0 aliphatic carbocycles. The molecule has 0 aromatic heterocycles. The van der Waals surface area contributed by atoms with Crippen molar-refractivity contribution in [2.75, 3.05) is 20.3 Å². The Kier molecular flexibility index (Phi) is 5.58. The second kappa shape index (κ2) is 8.75. The summed E-state index contributed by atoms with van der Waals surface area (Å²) in [6.07, 6.45) is 2.04. The largest absolute Gasteiger partial charge is 0.493 e. The summed E-state index contributed by atoms with van der Waals surface area (Å²) >= 11 is 1.38. The summed E-state index contributed by atoms with van der Waals surface area (Å²) in [6, 6.07) is 17.4. The van der Waals surface area contributed by atoms with Crippen molar-refractivity contribution in [2.45, 2.75) is 50.3 Å². The Balaban J connectivity index is 1.31. The second-order valence-electron chi connectivity index (χ2n) is 9.43. The maximum absolute atomic E-state index is 6.21. The summed E-state index contributed by atoms with van der Waals surface area (Å²) in [5, 5.41) is 0. The molecule has 3 aliphatic heterocycles. The van der Waals surface area contributed by atoms with Gasteiger partial charge >= 0.3 is 0 Å². The van der Waals surface area contributed by atoms with Crippen molar-refractivity contribution < 1.29 is 18.4 Å². The molecule has 0 saturated carbocycles. The standard InChI is InChI=1S/C28H29NO4S/c1-17-5-4-6-22(9-17)34-33-28-14-23-19(11-25(28)30-3)7-8-29-15-21-13-26-27(32-18(2)16-31-26)12-20(21)10-24(23)29/h4-6,9,11-14,18,24H,7-8,10,15-16H2,1-3H3. The van der Waals surface area contributed by atoms with Crippen LogP contribution < -0.4 is 18.4 Å². The molecule has 3 heterocycles. The maximum Gasteiger partial charge on any atom is 0.180 e. The molecule has 34 heavy (non-hydrogen) atoms. The minimum absolute atomic E-state index is 0.0825. The van der Waals surface area contributed by atoms with E-state index in [9.17, 15) is 0 Å². The Hall–Kier alpha value is -2.83. The topological polar surface area (TPSA) is 40.2 Å². The quantitative estimate of drug-likeness (QED) is 0.437. The summed E-state index contributed by atoms with van der Waals surface area (Å²) in [4.78, 5) is 3.65. The number of methoxy groups -OCH3 is 1. The number of ether oxygens (including phenoxy) is 3. The molecule has 6 rings (SSSR count). The predicted molar refractivity (Wildman–Crippen MR) is 133 cm³/mol. The third-order valence-corrected chi connectivity index (χ3v) is 7.67. The van der Waals surface area contributed by atoms with Gasteiger partial charge in [-0.3, -0.25) is 4.90 Å². The molecule has 6 heteroatoms. The lowest BCUT2D eigenvalue weighted by Crippen LogP contribution is -2.39. The van der Waals surface area contributed by atoms with Crippen LogP contribution in [-0.2, 0) is 19.4 Å². The van der Waals surface area contributed by atoms with E-state index in [-0.39, 0.29) is 6.10 Å². The van der Waals surface area contributed by atoms with Crippen molar-refractivity contribution >= 4 is 12.0 Å². The second-order valence-corrected chi connectivity index (χ2v) is 10.2. The average molecular weight is 476 g/mol. The van der Waals surface area contributed by atoms with Gasteiger partial charge in [0.05, 0.1) is 19.2 Å². The normalized spacial score (nSPS) is 20.7. The fourth-order valence-electron chi connectivity index (χ4n) is 5.25. The Bertz CT molecular complexity index is 1240. The summed E-state index contributed by atoms with van der Waals surface area (Å²) in [5.41, 5.74) is 6.59. The van der Waals surface area contributed by atoms with Gasteiger partial charge in [-0.05, 0) is 90.9 Å². The molecule has 2 atom stereocenters. The maximum atomic E-state index is 6.21. The third-order valence-electron chi connectivity index (χ3n) is 6.97. The molecule has 0 amide bonds. The van der Waals surface area contributed by atoms with Crippen molar-refractivity contribution in [3.63, 3.8) is 0 Å². The van der Waals surface area contributed by atoms with E-state index in [1.807, 2.05) is 6.92 Å². The predicted octanol–water partition coefficient (Wildman–Crippen LogP) is 5.90. The molecule has 176 valence electrons. The number of nitrogens with zero attached hydrogens (tertiary/aromatic N) is 1. The van der Waals surface area contributed by atoms with Gasteiger partial charge in [0.1, 0.15) is 12.7 Å². The number of hydrogen-bond acceptors (Lipinski definition) is 6. The Morgan fingerprint density at radius 3 is 2.74 bits per heavy atom. The number of rotatable bonds is 4. The van der Waals surface area contributed by atoms with Crippen LogP contribution >= 0.6 is 12.0 Å².